The minimum Gasteiger partial charge on any atom is -0.395 e. The highest BCUT2D eigenvalue weighted by Gasteiger charge is 2.21. The second-order valence-electron chi connectivity index (χ2n) is 5.89. The van der Waals surface area contributed by atoms with Crippen LogP contribution in [0.4, 0.5) is 0 Å². The Bertz CT molecular complexity index is 838. The molecule has 26 heavy (non-hydrogen) atoms. The molecule has 1 unspecified atom stereocenters. The normalized spacial score (nSPS) is 12.6. The lowest BCUT2D eigenvalue weighted by atomic mass is 10.1. The lowest BCUT2D eigenvalue weighted by molar-refractivity contribution is 0.0731. The van der Waals surface area contributed by atoms with Gasteiger partial charge >= 0.3 is 0 Å². The zero-order chi connectivity index (χ0) is 19.2. The Balaban J connectivity index is 2.24. The van der Waals surface area contributed by atoms with Gasteiger partial charge in [0.1, 0.15) is 0 Å². The van der Waals surface area contributed by atoms with E-state index in [0.29, 0.717) is 6.54 Å². The first-order valence-corrected chi connectivity index (χ1v) is 9.95. The van der Waals surface area contributed by atoms with E-state index in [1.165, 1.54) is 17.0 Å². The van der Waals surface area contributed by atoms with E-state index in [1.54, 1.807) is 26.0 Å². The van der Waals surface area contributed by atoms with Crippen molar-refractivity contribution in [1.82, 2.24) is 9.62 Å². The van der Waals surface area contributed by atoms with Crippen molar-refractivity contribution in [2.75, 3.05) is 19.7 Å². The Labute approximate surface area is 154 Å². The lowest BCUT2D eigenvalue weighted by Crippen LogP contribution is -2.33. The van der Waals surface area contributed by atoms with Crippen LogP contribution >= 0.6 is 0 Å². The molecule has 6 nitrogen and oxygen atoms in total. The van der Waals surface area contributed by atoms with Crippen molar-refractivity contribution < 1.29 is 18.3 Å². The summed E-state index contributed by atoms with van der Waals surface area (Å²) in [5.74, 6) is -0.310. The van der Waals surface area contributed by atoms with Crippen LogP contribution in [-0.2, 0) is 10.0 Å². The SMILES string of the molecule is CCN(CCO)C(=O)c1cccc(S(=O)(=O)NC(C)c2ccccc2)c1. The van der Waals surface area contributed by atoms with E-state index in [9.17, 15) is 13.2 Å². The van der Waals surface area contributed by atoms with E-state index in [0.717, 1.165) is 5.56 Å². The molecular formula is C19H24N2O4S. The Morgan fingerprint density at radius 2 is 1.85 bits per heavy atom. The van der Waals surface area contributed by atoms with E-state index in [2.05, 4.69) is 4.72 Å². The van der Waals surface area contributed by atoms with E-state index in [-0.39, 0.29) is 29.5 Å². The number of hydrogen-bond acceptors (Lipinski definition) is 4. The summed E-state index contributed by atoms with van der Waals surface area (Å²) in [5.41, 5.74) is 1.12. The van der Waals surface area contributed by atoms with E-state index < -0.39 is 16.1 Å². The van der Waals surface area contributed by atoms with Crippen molar-refractivity contribution >= 4 is 15.9 Å². The standard InChI is InChI=1S/C19H24N2O4S/c1-3-21(12-13-22)19(23)17-10-7-11-18(14-17)26(24,25)20-15(2)16-8-5-4-6-9-16/h4-11,14-15,20,22H,3,12-13H2,1-2H3. The molecule has 0 saturated heterocycles. The Morgan fingerprint density at radius 3 is 2.46 bits per heavy atom. The highest BCUT2D eigenvalue weighted by atomic mass is 32.2. The van der Waals surface area contributed by atoms with Crippen molar-refractivity contribution in [3.63, 3.8) is 0 Å². The maximum atomic E-state index is 12.7. The largest absolute Gasteiger partial charge is 0.395 e. The van der Waals surface area contributed by atoms with Crippen LogP contribution in [-0.4, -0.2) is 44.0 Å². The highest BCUT2D eigenvalue weighted by molar-refractivity contribution is 7.89. The molecule has 140 valence electrons. The molecule has 1 amide bonds. The molecule has 0 aromatic heterocycles. The zero-order valence-electron chi connectivity index (χ0n) is 14.9. The summed E-state index contributed by atoms with van der Waals surface area (Å²) >= 11 is 0. The summed E-state index contributed by atoms with van der Waals surface area (Å²) in [6, 6.07) is 14.8. The monoisotopic (exact) mass is 376 g/mol. The number of nitrogens with one attached hydrogen (secondary N) is 1. The van der Waals surface area contributed by atoms with E-state index in [1.807, 2.05) is 30.3 Å². The number of rotatable bonds is 8. The van der Waals surface area contributed by atoms with Gasteiger partial charge in [-0.1, -0.05) is 36.4 Å². The molecule has 2 aromatic rings. The first-order valence-electron chi connectivity index (χ1n) is 8.46. The Kier molecular flexibility index (Phi) is 6.90. The van der Waals surface area contributed by atoms with Crippen molar-refractivity contribution in [3.05, 3.63) is 65.7 Å². The molecule has 1 atom stereocenters. The highest BCUT2D eigenvalue weighted by Crippen LogP contribution is 2.18. The van der Waals surface area contributed by atoms with Gasteiger partial charge < -0.3 is 10.0 Å². The molecule has 0 fully saturated rings. The quantitative estimate of drug-likeness (QED) is 0.739. The van der Waals surface area contributed by atoms with Crippen molar-refractivity contribution in [1.29, 1.82) is 0 Å². The third-order valence-electron chi connectivity index (χ3n) is 4.06. The van der Waals surface area contributed by atoms with Crippen LogP contribution in [0.2, 0.25) is 0 Å². The zero-order valence-corrected chi connectivity index (χ0v) is 15.7. The van der Waals surface area contributed by atoms with Gasteiger partial charge in [0.25, 0.3) is 5.91 Å². The maximum Gasteiger partial charge on any atom is 0.253 e. The third-order valence-corrected chi connectivity index (χ3v) is 5.60. The minimum absolute atomic E-state index is 0.0335. The molecular weight excluding hydrogens is 352 g/mol. The fourth-order valence-corrected chi connectivity index (χ4v) is 3.89. The smallest absolute Gasteiger partial charge is 0.253 e. The second kappa shape index (κ2) is 8.93. The topological polar surface area (TPSA) is 86.7 Å². The minimum atomic E-state index is -3.78. The number of nitrogens with zero attached hydrogens (tertiary/aromatic N) is 1. The first-order chi connectivity index (χ1) is 12.4. The molecule has 0 bridgehead atoms. The number of amides is 1. The number of carbonyl (C=O) groups excluding carboxylic acids is 1. The number of aliphatic hydroxyl groups is 1. The molecule has 0 aliphatic heterocycles. The van der Waals surface area contributed by atoms with Crippen molar-refractivity contribution in [3.8, 4) is 0 Å². The average molecular weight is 376 g/mol. The van der Waals surface area contributed by atoms with Gasteiger partial charge in [0, 0.05) is 24.7 Å². The Morgan fingerprint density at radius 1 is 1.15 bits per heavy atom. The molecule has 7 heteroatoms. The number of hydrogen-bond donors (Lipinski definition) is 2. The van der Waals surface area contributed by atoms with Crippen LogP contribution in [0.5, 0.6) is 0 Å². The molecule has 0 aliphatic carbocycles. The number of likely N-dealkylation sites (N-methyl/N-ethyl adjacent to an activating group) is 1. The molecule has 0 saturated carbocycles. The summed E-state index contributed by atoms with van der Waals surface area (Å²) in [6.07, 6.45) is 0. The molecule has 2 aromatic carbocycles. The van der Waals surface area contributed by atoms with Crippen LogP contribution in [0.3, 0.4) is 0 Å². The van der Waals surface area contributed by atoms with Crippen LogP contribution in [0.25, 0.3) is 0 Å². The number of benzene rings is 2. The number of carbonyl (C=O) groups is 1. The van der Waals surface area contributed by atoms with E-state index in [4.69, 9.17) is 5.11 Å². The predicted molar refractivity (Wildman–Crippen MR) is 100 cm³/mol. The average Bonchev–Trinajstić information content (AvgIpc) is 2.66. The molecule has 2 rings (SSSR count). The van der Waals surface area contributed by atoms with Gasteiger partial charge in [-0.2, -0.15) is 0 Å². The molecule has 0 radical (unpaired) electrons. The van der Waals surface area contributed by atoms with Gasteiger partial charge in [0.2, 0.25) is 10.0 Å². The summed E-state index contributed by atoms with van der Waals surface area (Å²) < 4.78 is 28.0. The van der Waals surface area contributed by atoms with Crippen molar-refractivity contribution in [2.24, 2.45) is 0 Å². The van der Waals surface area contributed by atoms with Gasteiger partial charge in [0.15, 0.2) is 0 Å². The van der Waals surface area contributed by atoms with Crippen LogP contribution < -0.4 is 4.72 Å². The van der Waals surface area contributed by atoms with Gasteiger partial charge in [-0.15, -0.1) is 0 Å². The van der Waals surface area contributed by atoms with Crippen LogP contribution in [0.15, 0.2) is 59.5 Å². The fourth-order valence-electron chi connectivity index (χ4n) is 2.61. The van der Waals surface area contributed by atoms with Gasteiger partial charge in [-0.25, -0.2) is 13.1 Å². The molecule has 2 N–H and O–H groups in total. The lowest BCUT2D eigenvalue weighted by Gasteiger charge is -2.20. The van der Waals surface area contributed by atoms with Crippen LogP contribution in [0.1, 0.15) is 35.8 Å². The molecule has 0 heterocycles. The summed E-state index contributed by atoms with van der Waals surface area (Å²) in [6.45, 7) is 4.06. The van der Waals surface area contributed by atoms with Gasteiger partial charge in [-0.3, -0.25) is 4.79 Å². The first kappa shape index (κ1) is 20.1. The maximum absolute atomic E-state index is 12.7. The number of sulfonamides is 1. The summed E-state index contributed by atoms with van der Waals surface area (Å²) in [5, 5.41) is 9.06. The fraction of sp³-hybridized carbons (Fsp3) is 0.316. The number of aliphatic hydroxyl groups excluding tert-OH is 1. The van der Waals surface area contributed by atoms with Crippen LogP contribution in [0, 0.1) is 0 Å². The third kappa shape index (κ3) is 4.91. The van der Waals surface area contributed by atoms with Crippen molar-refractivity contribution in [2.45, 2.75) is 24.8 Å². The summed E-state index contributed by atoms with van der Waals surface area (Å²) in [4.78, 5) is 14.0. The second-order valence-corrected chi connectivity index (χ2v) is 7.60. The summed E-state index contributed by atoms with van der Waals surface area (Å²) in [7, 11) is -3.78. The van der Waals surface area contributed by atoms with E-state index >= 15 is 0 Å². The molecule has 0 aliphatic rings. The predicted octanol–water partition coefficient (Wildman–Crippen LogP) is 2.18. The Hall–Kier alpha value is -2.22. The molecule has 0 spiro atoms. The van der Waals surface area contributed by atoms with Gasteiger partial charge in [-0.05, 0) is 37.6 Å². The van der Waals surface area contributed by atoms with Gasteiger partial charge in [0.05, 0.1) is 11.5 Å².